The Hall–Kier alpha value is -2.11. The highest BCUT2D eigenvalue weighted by Crippen LogP contribution is 2.17. The van der Waals surface area contributed by atoms with E-state index in [1.54, 1.807) is 29.0 Å². The zero-order valence-corrected chi connectivity index (χ0v) is 13.9. The van der Waals surface area contributed by atoms with Crippen molar-refractivity contribution in [1.82, 2.24) is 9.55 Å². The van der Waals surface area contributed by atoms with Gasteiger partial charge >= 0.3 is 0 Å². The Bertz CT molecular complexity index is 871. The highest BCUT2D eigenvalue weighted by atomic mass is 35.5. The Labute approximate surface area is 138 Å². The molecule has 1 aromatic carbocycles. The van der Waals surface area contributed by atoms with Crippen LogP contribution < -0.4 is 10.9 Å². The van der Waals surface area contributed by atoms with Crippen LogP contribution in [0.4, 0.5) is 0 Å². The lowest BCUT2D eigenvalue weighted by atomic mass is 10.2. The predicted octanol–water partition coefficient (Wildman–Crippen LogP) is 2.49. The number of aromatic nitrogens is 2. The van der Waals surface area contributed by atoms with E-state index in [0.29, 0.717) is 29.0 Å². The number of fused-ring (bicyclic) bond motifs is 1. The summed E-state index contributed by atoms with van der Waals surface area (Å²) in [5.41, 5.74) is 0.630. The number of nitrogens with two attached hydrogens (primary N) is 1. The van der Waals surface area contributed by atoms with Crippen LogP contribution in [0.2, 0.25) is 5.02 Å². The summed E-state index contributed by atoms with van der Waals surface area (Å²) in [4.78, 5) is 17.4. The van der Waals surface area contributed by atoms with Gasteiger partial charge in [0.25, 0.3) is 5.56 Å². The van der Waals surface area contributed by atoms with Crippen molar-refractivity contribution in [2.24, 2.45) is 0 Å². The second kappa shape index (κ2) is 6.56. The lowest BCUT2D eigenvalue weighted by Crippen LogP contribution is -2.83. The molecule has 0 bridgehead atoms. The second-order valence-corrected chi connectivity index (χ2v) is 5.93. The molecule has 0 saturated carbocycles. The number of hydrogen-bond donors (Lipinski definition) is 1. The zero-order chi connectivity index (χ0) is 16.4. The monoisotopic (exact) mass is 332 g/mol. The molecule has 3 aromatic rings. The molecule has 0 radical (unpaired) electrons. The van der Waals surface area contributed by atoms with Crippen molar-refractivity contribution in [3.8, 4) is 0 Å². The van der Waals surface area contributed by atoms with Crippen LogP contribution in [0.5, 0.6) is 0 Å². The highest BCUT2D eigenvalue weighted by Gasteiger charge is 2.18. The van der Waals surface area contributed by atoms with Crippen LogP contribution in [0.15, 0.2) is 45.8 Å². The van der Waals surface area contributed by atoms with Gasteiger partial charge in [0, 0.05) is 11.6 Å². The number of quaternary nitrogens is 1. The zero-order valence-electron chi connectivity index (χ0n) is 13.1. The first kappa shape index (κ1) is 15.8. The van der Waals surface area contributed by atoms with Crippen molar-refractivity contribution in [2.75, 3.05) is 0 Å². The second-order valence-electron chi connectivity index (χ2n) is 5.49. The minimum Gasteiger partial charge on any atom is -0.463 e. The molecule has 2 aromatic heterocycles. The van der Waals surface area contributed by atoms with E-state index in [1.807, 2.05) is 26.0 Å². The number of rotatable bonds is 5. The maximum atomic E-state index is 12.7. The third-order valence-electron chi connectivity index (χ3n) is 3.92. The van der Waals surface area contributed by atoms with Crippen LogP contribution in [0.25, 0.3) is 10.9 Å². The van der Waals surface area contributed by atoms with Crippen LogP contribution in [0, 0.1) is 0 Å². The topological polar surface area (TPSA) is 64.6 Å². The molecular weight excluding hydrogens is 314 g/mol. The number of furan rings is 1. The molecule has 2 heterocycles. The van der Waals surface area contributed by atoms with E-state index in [0.717, 1.165) is 11.6 Å². The smallest absolute Gasteiger partial charge is 0.261 e. The summed E-state index contributed by atoms with van der Waals surface area (Å²) in [6.07, 6.45) is 1.66. The molecule has 3 rings (SSSR count). The number of hydrogen-bond acceptors (Lipinski definition) is 3. The third kappa shape index (κ3) is 3.16. The largest absolute Gasteiger partial charge is 0.463 e. The third-order valence-corrected chi connectivity index (χ3v) is 4.16. The average Bonchev–Trinajstić information content (AvgIpc) is 3.06. The Balaban J connectivity index is 1.98. The summed E-state index contributed by atoms with van der Waals surface area (Å²) in [7, 11) is 0. The predicted molar refractivity (Wildman–Crippen MR) is 89.4 cm³/mol. The highest BCUT2D eigenvalue weighted by molar-refractivity contribution is 6.31. The molecule has 0 unspecified atom stereocenters. The van der Waals surface area contributed by atoms with Crippen LogP contribution >= 0.6 is 11.6 Å². The fraction of sp³-hybridized carbons (Fsp3) is 0.294. The fourth-order valence-corrected chi connectivity index (χ4v) is 2.86. The van der Waals surface area contributed by atoms with Crippen molar-refractivity contribution in [3.05, 3.63) is 63.6 Å². The Morgan fingerprint density at radius 2 is 2.22 bits per heavy atom. The van der Waals surface area contributed by atoms with Crippen LogP contribution in [-0.4, -0.2) is 9.55 Å². The molecule has 1 atom stereocenters. The van der Waals surface area contributed by atoms with E-state index in [2.05, 4.69) is 5.32 Å². The van der Waals surface area contributed by atoms with Crippen molar-refractivity contribution in [1.29, 1.82) is 0 Å². The van der Waals surface area contributed by atoms with Gasteiger partial charge in [-0.05, 0) is 44.2 Å². The van der Waals surface area contributed by atoms with Crippen LogP contribution in [0.3, 0.4) is 0 Å². The van der Waals surface area contributed by atoms with Gasteiger partial charge in [0.15, 0.2) is 11.6 Å². The summed E-state index contributed by atoms with van der Waals surface area (Å²) < 4.78 is 7.06. The van der Waals surface area contributed by atoms with Gasteiger partial charge in [-0.25, -0.2) is 4.98 Å². The van der Waals surface area contributed by atoms with Gasteiger partial charge in [-0.1, -0.05) is 11.6 Å². The van der Waals surface area contributed by atoms with E-state index in [9.17, 15) is 4.79 Å². The van der Waals surface area contributed by atoms with Crippen molar-refractivity contribution >= 4 is 22.5 Å². The van der Waals surface area contributed by atoms with Gasteiger partial charge in [0.1, 0.15) is 12.6 Å². The van der Waals surface area contributed by atoms with Crippen molar-refractivity contribution in [2.45, 2.75) is 33.0 Å². The van der Waals surface area contributed by atoms with Crippen molar-refractivity contribution < 1.29 is 9.73 Å². The van der Waals surface area contributed by atoms with E-state index in [4.69, 9.17) is 21.0 Å². The molecule has 120 valence electrons. The lowest BCUT2D eigenvalue weighted by Gasteiger charge is -2.16. The van der Waals surface area contributed by atoms with Gasteiger partial charge in [0.05, 0.1) is 17.2 Å². The van der Waals surface area contributed by atoms with E-state index >= 15 is 0 Å². The first-order chi connectivity index (χ1) is 11.1. The lowest BCUT2D eigenvalue weighted by molar-refractivity contribution is -0.710. The summed E-state index contributed by atoms with van der Waals surface area (Å²) >= 11 is 6.00. The van der Waals surface area contributed by atoms with Gasteiger partial charge in [-0.2, -0.15) is 0 Å². The quantitative estimate of drug-likeness (QED) is 0.780. The van der Waals surface area contributed by atoms with Crippen LogP contribution in [0.1, 0.15) is 31.5 Å². The molecular formula is C17H19ClN3O2+. The molecule has 0 aliphatic carbocycles. The van der Waals surface area contributed by atoms with E-state index in [-0.39, 0.29) is 11.6 Å². The fourth-order valence-electron chi connectivity index (χ4n) is 2.69. The number of nitrogens with zero attached hydrogens (tertiary/aromatic N) is 2. The summed E-state index contributed by atoms with van der Waals surface area (Å²) in [5, 5.41) is 3.21. The molecule has 6 heteroatoms. The maximum Gasteiger partial charge on any atom is 0.261 e. The van der Waals surface area contributed by atoms with Crippen LogP contribution in [-0.2, 0) is 13.1 Å². The molecule has 0 spiro atoms. The Morgan fingerprint density at radius 3 is 2.91 bits per heavy atom. The normalized spacial score (nSPS) is 12.7. The van der Waals surface area contributed by atoms with E-state index < -0.39 is 0 Å². The molecule has 0 aliphatic rings. The SMILES string of the molecule is CCn1c([C@H](C)[NH2+]Cc2ccco2)nc2ccc(Cl)cc2c1=O. The molecule has 0 aliphatic heterocycles. The first-order valence-electron chi connectivity index (χ1n) is 7.66. The molecule has 2 N–H and O–H groups in total. The Morgan fingerprint density at radius 1 is 1.39 bits per heavy atom. The standard InChI is InChI=1S/C17H18ClN3O2/c1-3-21-16(11(2)19-10-13-5-4-8-23-13)20-15-7-6-12(18)9-14(15)17(21)22/h4-9,11,19H,3,10H2,1-2H3/p+1/t11-/m0/s1. The summed E-state index contributed by atoms with van der Waals surface area (Å²) in [5.74, 6) is 1.66. The van der Waals surface area contributed by atoms with Gasteiger partial charge < -0.3 is 9.73 Å². The van der Waals surface area contributed by atoms with Gasteiger partial charge in [0.2, 0.25) is 0 Å². The summed E-state index contributed by atoms with van der Waals surface area (Å²) in [6, 6.07) is 9.07. The minimum atomic E-state index is -0.0479. The Kier molecular flexibility index (Phi) is 4.50. The number of benzene rings is 1. The molecule has 0 fully saturated rings. The molecule has 5 nitrogen and oxygen atoms in total. The summed E-state index contributed by atoms with van der Waals surface area (Å²) in [6.45, 7) is 5.26. The molecule has 0 saturated heterocycles. The van der Waals surface area contributed by atoms with Gasteiger partial charge in [-0.3, -0.25) is 9.36 Å². The average molecular weight is 333 g/mol. The maximum absolute atomic E-state index is 12.7. The first-order valence-corrected chi connectivity index (χ1v) is 8.03. The van der Waals surface area contributed by atoms with E-state index in [1.165, 1.54) is 0 Å². The minimum absolute atomic E-state index is 0.0350. The molecule has 23 heavy (non-hydrogen) atoms. The molecule has 0 amide bonds. The van der Waals surface area contributed by atoms with Gasteiger partial charge in [-0.15, -0.1) is 0 Å². The number of halogens is 1. The van der Waals surface area contributed by atoms with Crippen molar-refractivity contribution in [3.63, 3.8) is 0 Å².